The van der Waals surface area contributed by atoms with E-state index in [0.717, 1.165) is 18.8 Å². The number of benzene rings is 1. The molecule has 1 aliphatic heterocycles. The number of anilines is 2. The second-order valence-electron chi connectivity index (χ2n) is 4.94. The summed E-state index contributed by atoms with van der Waals surface area (Å²) in [5.74, 6) is -0.0225. The number of carbonyl (C=O) groups is 1. The van der Waals surface area contributed by atoms with E-state index in [2.05, 4.69) is 27.7 Å². The minimum absolute atomic E-state index is 0.0225. The van der Waals surface area contributed by atoms with Crippen LogP contribution >= 0.6 is 0 Å². The molecule has 0 unspecified atom stereocenters. The van der Waals surface area contributed by atoms with Gasteiger partial charge in [-0.3, -0.25) is 4.79 Å². The fourth-order valence-corrected chi connectivity index (χ4v) is 2.30. The van der Waals surface area contributed by atoms with Crippen LogP contribution in [0.3, 0.4) is 0 Å². The molecule has 5 heteroatoms. The lowest BCUT2D eigenvalue weighted by atomic mass is 10.2. The van der Waals surface area contributed by atoms with E-state index in [1.807, 2.05) is 12.1 Å². The Labute approximate surface area is 120 Å². The highest BCUT2D eigenvalue weighted by Gasteiger charge is 2.11. The summed E-state index contributed by atoms with van der Waals surface area (Å²) in [5, 5.41) is 5.89. The van der Waals surface area contributed by atoms with E-state index in [1.165, 1.54) is 18.5 Å². The molecule has 1 aromatic carbocycles. The highest BCUT2D eigenvalue weighted by atomic mass is 16.5. The molecule has 1 amide bonds. The molecule has 0 bridgehead atoms. The molecule has 5 nitrogen and oxygen atoms in total. The molecule has 0 aromatic heterocycles. The molecule has 1 fully saturated rings. The van der Waals surface area contributed by atoms with Crippen LogP contribution < -0.4 is 15.5 Å². The second kappa shape index (κ2) is 7.75. The van der Waals surface area contributed by atoms with Gasteiger partial charge >= 0.3 is 0 Å². The van der Waals surface area contributed by atoms with Crippen LogP contribution in [0.1, 0.15) is 12.8 Å². The lowest BCUT2D eigenvalue weighted by Gasteiger charge is -2.18. The van der Waals surface area contributed by atoms with Crippen LogP contribution in [0.4, 0.5) is 11.4 Å². The van der Waals surface area contributed by atoms with Gasteiger partial charge in [0.05, 0.1) is 13.2 Å². The Morgan fingerprint density at radius 2 is 1.95 bits per heavy atom. The molecular weight excluding hydrogens is 254 g/mol. The first kappa shape index (κ1) is 14.7. The van der Waals surface area contributed by atoms with Gasteiger partial charge in [0.2, 0.25) is 5.91 Å². The van der Waals surface area contributed by atoms with Crippen molar-refractivity contribution in [2.24, 2.45) is 0 Å². The van der Waals surface area contributed by atoms with Crippen molar-refractivity contribution >= 4 is 17.3 Å². The summed E-state index contributed by atoms with van der Waals surface area (Å²) in [6.07, 6.45) is 2.56. The third kappa shape index (κ3) is 4.42. The van der Waals surface area contributed by atoms with E-state index in [4.69, 9.17) is 4.74 Å². The summed E-state index contributed by atoms with van der Waals surface area (Å²) in [5.41, 5.74) is 2.23. The Bertz CT molecular complexity index is 414. The largest absolute Gasteiger partial charge is 0.383 e. The van der Waals surface area contributed by atoms with E-state index in [9.17, 15) is 4.79 Å². The van der Waals surface area contributed by atoms with Crippen molar-refractivity contribution < 1.29 is 9.53 Å². The first-order valence-electron chi connectivity index (χ1n) is 7.14. The summed E-state index contributed by atoms with van der Waals surface area (Å²) < 4.78 is 4.88. The minimum atomic E-state index is -0.0225. The predicted octanol–water partition coefficient (Wildman–Crippen LogP) is 1.46. The van der Waals surface area contributed by atoms with Gasteiger partial charge in [-0.15, -0.1) is 0 Å². The molecule has 0 aliphatic carbocycles. The average Bonchev–Trinajstić information content (AvgIpc) is 3.00. The highest BCUT2D eigenvalue weighted by molar-refractivity contribution is 5.80. The Morgan fingerprint density at radius 1 is 1.25 bits per heavy atom. The maximum atomic E-state index is 11.5. The number of hydrogen-bond acceptors (Lipinski definition) is 4. The van der Waals surface area contributed by atoms with Crippen molar-refractivity contribution in [3.05, 3.63) is 24.3 Å². The van der Waals surface area contributed by atoms with E-state index in [0.29, 0.717) is 13.2 Å². The predicted molar refractivity (Wildman–Crippen MR) is 81.3 cm³/mol. The van der Waals surface area contributed by atoms with Gasteiger partial charge < -0.3 is 20.3 Å². The highest BCUT2D eigenvalue weighted by Crippen LogP contribution is 2.21. The van der Waals surface area contributed by atoms with Gasteiger partial charge in [0.1, 0.15) is 0 Å². The van der Waals surface area contributed by atoms with E-state index < -0.39 is 0 Å². The molecule has 1 heterocycles. The number of rotatable bonds is 7. The number of carbonyl (C=O) groups excluding carboxylic acids is 1. The molecule has 2 rings (SSSR count). The van der Waals surface area contributed by atoms with E-state index >= 15 is 0 Å². The minimum Gasteiger partial charge on any atom is -0.383 e. The Balaban J connectivity index is 1.74. The molecule has 2 N–H and O–H groups in total. The molecule has 1 saturated heterocycles. The molecule has 0 saturated carbocycles. The van der Waals surface area contributed by atoms with Gasteiger partial charge in [-0.25, -0.2) is 0 Å². The van der Waals surface area contributed by atoms with Crippen LogP contribution in [0.2, 0.25) is 0 Å². The van der Waals surface area contributed by atoms with Crippen molar-refractivity contribution in [2.75, 3.05) is 50.1 Å². The number of hydrogen-bond donors (Lipinski definition) is 2. The molecule has 0 atom stereocenters. The summed E-state index contributed by atoms with van der Waals surface area (Å²) >= 11 is 0. The molecule has 1 aliphatic rings. The molecule has 20 heavy (non-hydrogen) atoms. The fourth-order valence-electron chi connectivity index (χ4n) is 2.30. The van der Waals surface area contributed by atoms with Gasteiger partial charge in [-0.05, 0) is 37.1 Å². The molecule has 110 valence electrons. The lowest BCUT2D eigenvalue weighted by molar-refractivity contribution is -0.119. The summed E-state index contributed by atoms with van der Waals surface area (Å²) in [4.78, 5) is 13.9. The van der Waals surface area contributed by atoms with Crippen LogP contribution in [-0.2, 0) is 9.53 Å². The Hall–Kier alpha value is -1.75. The first-order valence-corrected chi connectivity index (χ1v) is 7.14. The van der Waals surface area contributed by atoms with E-state index in [1.54, 1.807) is 7.11 Å². The number of nitrogens with one attached hydrogen (secondary N) is 2. The second-order valence-corrected chi connectivity index (χ2v) is 4.94. The van der Waals surface area contributed by atoms with Crippen LogP contribution in [0.15, 0.2) is 24.3 Å². The molecule has 0 radical (unpaired) electrons. The summed E-state index contributed by atoms with van der Waals surface area (Å²) in [6, 6.07) is 8.26. The lowest BCUT2D eigenvalue weighted by Crippen LogP contribution is -2.32. The number of amides is 1. The number of ether oxygens (including phenoxy) is 1. The van der Waals surface area contributed by atoms with Gasteiger partial charge in [-0.2, -0.15) is 0 Å². The van der Waals surface area contributed by atoms with Gasteiger partial charge in [0, 0.05) is 38.1 Å². The van der Waals surface area contributed by atoms with Crippen LogP contribution in [0.5, 0.6) is 0 Å². The van der Waals surface area contributed by atoms with E-state index in [-0.39, 0.29) is 12.5 Å². The Kier molecular flexibility index (Phi) is 5.68. The van der Waals surface area contributed by atoms with Gasteiger partial charge in [-0.1, -0.05) is 0 Å². The van der Waals surface area contributed by atoms with Crippen molar-refractivity contribution in [3.63, 3.8) is 0 Å². The number of methoxy groups -OCH3 is 1. The Morgan fingerprint density at radius 3 is 2.60 bits per heavy atom. The maximum absolute atomic E-state index is 11.5. The third-order valence-corrected chi connectivity index (χ3v) is 3.42. The van der Waals surface area contributed by atoms with Crippen molar-refractivity contribution in [1.29, 1.82) is 0 Å². The quantitative estimate of drug-likeness (QED) is 0.741. The van der Waals surface area contributed by atoms with Gasteiger partial charge in [0.25, 0.3) is 0 Å². The monoisotopic (exact) mass is 277 g/mol. The maximum Gasteiger partial charge on any atom is 0.239 e. The molecular formula is C15H23N3O2. The first-order chi connectivity index (χ1) is 9.79. The molecule has 0 spiro atoms. The summed E-state index contributed by atoms with van der Waals surface area (Å²) in [6.45, 7) is 3.66. The third-order valence-electron chi connectivity index (χ3n) is 3.42. The zero-order valence-electron chi connectivity index (χ0n) is 12.0. The normalized spacial score (nSPS) is 14.3. The smallest absolute Gasteiger partial charge is 0.239 e. The number of nitrogens with zero attached hydrogens (tertiary/aromatic N) is 1. The average molecular weight is 277 g/mol. The SMILES string of the molecule is COCCNC(=O)CNc1ccc(N2CCCC2)cc1. The fraction of sp³-hybridized carbons (Fsp3) is 0.533. The topological polar surface area (TPSA) is 53.6 Å². The van der Waals surface area contributed by atoms with Crippen LogP contribution in [0, 0.1) is 0 Å². The zero-order valence-corrected chi connectivity index (χ0v) is 12.0. The van der Waals surface area contributed by atoms with Crippen molar-refractivity contribution in [2.45, 2.75) is 12.8 Å². The zero-order chi connectivity index (χ0) is 14.2. The summed E-state index contributed by atoms with van der Waals surface area (Å²) in [7, 11) is 1.62. The standard InChI is InChI=1S/C15H23N3O2/c1-20-11-8-16-15(19)12-17-13-4-6-14(7-5-13)18-9-2-3-10-18/h4-7,17H,2-3,8-12H2,1H3,(H,16,19). The van der Waals surface area contributed by atoms with Crippen molar-refractivity contribution in [1.82, 2.24) is 5.32 Å². The van der Waals surface area contributed by atoms with Crippen LogP contribution in [0.25, 0.3) is 0 Å². The molecule has 1 aromatic rings. The van der Waals surface area contributed by atoms with Crippen molar-refractivity contribution in [3.8, 4) is 0 Å². The van der Waals surface area contributed by atoms with Gasteiger partial charge in [0.15, 0.2) is 0 Å². The van der Waals surface area contributed by atoms with Crippen LogP contribution in [-0.4, -0.2) is 45.8 Å².